The van der Waals surface area contributed by atoms with E-state index in [1.54, 1.807) is 4.90 Å². The van der Waals surface area contributed by atoms with Gasteiger partial charge in [0.15, 0.2) is 0 Å². The van der Waals surface area contributed by atoms with Crippen molar-refractivity contribution in [3.05, 3.63) is 40.8 Å². The van der Waals surface area contributed by atoms with Crippen LogP contribution in [0.1, 0.15) is 31.2 Å². The lowest BCUT2D eigenvalue weighted by Gasteiger charge is -2.13. The summed E-state index contributed by atoms with van der Waals surface area (Å²) >= 11 is 6.62. The summed E-state index contributed by atoms with van der Waals surface area (Å²) in [5.41, 5.74) is 6.09. The quantitative estimate of drug-likeness (QED) is 0.473. The molecule has 0 radical (unpaired) electrons. The Hall–Kier alpha value is -1.66. The van der Waals surface area contributed by atoms with E-state index in [4.69, 9.17) is 18.0 Å². The van der Waals surface area contributed by atoms with E-state index in [9.17, 15) is 9.59 Å². The Labute approximate surface area is 139 Å². The lowest BCUT2D eigenvalue weighted by Crippen LogP contribution is -2.29. The average Bonchev–Trinajstić information content (AvgIpc) is 2.75. The fraction of sp³-hybridized carbons (Fsp3) is 0.312. The number of amides is 2. The fourth-order valence-electron chi connectivity index (χ4n) is 2.14. The van der Waals surface area contributed by atoms with Gasteiger partial charge in [0.2, 0.25) is 5.91 Å². The second-order valence-corrected chi connectivity index (χ2v) is 6.70. The summed E-state index contributed by atoms with van der Waals surface area (Å²) in [4.78, 5) is 25.3. The molecule has 0 saturated carbocycles. The normalized spacial score (nSPS) is 16.5. The smallest absolute Gasteiger partial charge is 0.266 e. The molecule has 1 aromatic rings. The molecule has 6 heteroatoms. The summed E-state index contributed by atoms with van der Waals surface area (Å²) < 4.78 is 0.599. The third-order valence-electron chi connectivity index (χ3n) is 3.28. The minimum absolute atomic E-state index is 0.0336. The topological polar surface area (TPSA) is 63.4 Å². The molecule has 1 saturated heterocycles. The number of carbonyl (C=O) groups is 2. The number of nitrogens with zero attached hydrogens (tertiary/aromatic N) is 1. The van der Waals surface area contributed by atoms with Crippen LogP contribution in [0.2, 0.25) is 0 Å². The molecular formula is C16H18N2O2S2. The van der Waals surface area contributed by atoms with Crippen LogP contribution >= 0.6 is 24.0 Å². The van der Waals surface area contributed by atoms with Crippen molar-refractivity contribution in [1.29, 1.82) is 0 Å². The zero-order chi connectivity index (χ0) is 15.9. The standard InChI is InChI=1S/C16H18N2O2S2/c17-14(19)9-5-2-6-10-18-15(20)13(22-16(18)21)11-12-7-3-1-4-8-12/h1,3-4,7-8,11H,2,5-6,9-10H2,(H2,17,19). The molecule has 2 N–H and O–H groups in total. The molecule has 1 aromatic carbocycles. The van der Waals surface area contributed by atoms with Crippen LogP contribution in [0.15, 0.2) is 35.2 Å². The minimum atomic E-state index is -0.281. The highest BCUT2D eigenvalue weighted by molar-refractivity contribution is 8.26. The zero-order valence-corrected chi connectivity index (χ0v) is 13.8. The Morgan fingerprint density at radius 2 is 1.95 bits per heavy atom. The van der Waals surface area contributed by atoms with Gasteiger partial charge in [0.05, 0.1) is 4.91 Å². The maximum Gasteiger partial charge on any atom is 0.266 e. The van der Waals surface area contributed by atoms with Gasteiger partial charge in [-0.2, -0.15) is 0 Å². The highest BCUT2D eigenvalue weighted by Crippen LogP contribution is 2.32. The van der Waals surface area contributed by atoms with Crippen molar-refractivity contribution in [1.82, 2.24) is 4.90 Å². The van der Waals surface area contributed by atoms with E-state index < -0.39 is 0 Å². The van der Waals surface area contributed by atoms with Crippen LogP contribution in [-0.2, 0) is 9.59 Å². The van der Waals surface area contributed by atoms with Gasteiger partial charge in [-0.05, 0) is 24.5 Å². The van der Waals surface area contributed by atoms with Crippen LogP contribution in [0, 0.1) is 0 Å². The summed E-state index contributed by atoms with van der Waals surface area (Å²) in [7, 11) is 0. The molecule has 0 atom stereocenters. The first-order valence-corrected chi connectivity index (χ1v) is 8.39. The van der Waals surface area contributed by atoms with Crippen LogP contribution in [0.4, 0.5) is 0 Å². The maximum atomic E-state index is 12.4. The minimum Gasteiger partial charge on any atom is -0.370 e. The monoisotopic (exact) mass is 334 g/mol. The second-order valence-electron chi connectivity index (χ2n) is 5.02. The van der Waals surface area contributed by atoms with Crippen LogP contribution in [0.3, 0.4) is 0 Å². The molecule has 0 aliphatic carbocycles. The Bertz CT molecular complexity index is 599. The first-order valence-electron chi connectivity index (χ1n) is 7.16. The molecule has 1 aliphatic rings. The Morgan fingerprint density at radius 1 is 1.23 bits per heavy atom. The largest absolute Gasteiger partial charge is 0.370 e. The van der Waals surface area contributed by atoms with Gasteiger partial charge >= 0.3 is 0 Å². The molecule has 1 heterocycles. The van der Waals surface area contributed by atoms with Crippen LogP contribution in [0.25, 0.3) is 6.08 Å². The highest BCUT2D eigenvalue weighted by atomic mass is 32.2. The van der Waals surface area contributed by atoms with Gasteiger partial charge in [-0.25, -0.2) is 0 Å². The molecule has 116 valence electrons. The molecule has 1 aliphatic heterocycles. The van der Waals surface area contributed by atoms with E-state index in [2.05, 4.69) is 0 Å². The fourth-order valence-corrected chi connectivity index (χ4v) is 3.45. The van der Waals surface area contributed by atoms with Crippen LogP contribution in [-0.4, -0.2) is 27.6 Å². The summed E-state index contributed by atoms with van der Waals surface area (Å²) in [6.07, 6.45) is 4.69. The van der Waals surface area contributed by atoms with Gasteiger partial charge in [0.25, 0.3) is 5.91 Å². The third-order valence-corrected chi connectivity index (χ3v) is 4.65. The van der Waals surface area contributed by atoms with Gasteiger partial charge in [0.1, 0.15) is 4.32 Å². The maximum absolute atomic E-state index is 12.4. The van der Waals surface area contributed by atoms with E-state index in [1.165, 1.54) is 11.8 Å². The van der Waals surface area contributed by atoms with Crippen molar-refractivity contribution in [3.63, 3.8) is 0 Å². The Kier molecular flexibility index (Phi) is 6.15. The molecule has 2 rings (SSSR count). The number of unbranched alkanes of at least 4 members (excludes halogenated alkanes) is 2. The van der Waals surface area contributed by atoms with Crippen molar-refractivity contribution in [3.8, 4) is 0 Å². The van der Waals surface area contributed by atoms with E-state index in [0.29, 0.717) is 22.2 Å². The van der Waals surface area contributed by atoms with Crippen LogP contribution < -0.4 is 5.73 Å². The predicted octanol–water partition coefficient (Wildman–Crippen LogP) is 2.93. The number of nitrogens with two attached hydrogens (primary N) is 1. The second kappa shape index (κ2) is 8.10. The highest BCUT2D eigenvalue weighted by Gasteiger charge is 2.31. The Morgan fingerprint density at radius 3 is 2.64 bits per heavy atom. The van der Waals surface area contributed by atoms with Crippen molar-refractivity contribution < 1.29 is 9.59 Å². The number of thioether (sulfide) groups is 1. The van der Waals surface area contributed by atoms with Crippen molar-refractivity contribution in [2.24, 2.45) is 5.73 Å². The van der Waals surface area contributed by atoms with Gasteiger partial charge in [0, 0.05) is 13.0 Å². The van der Waals surface area contributed by atoms with E-state index in [0.717, 1.165) is 24.8 Å². The first kappa shape index (κ1) is 16.7. The number of primary amides is 1. The molecule has 4 nitrogen and oxygen atoms in total. The molecule has 0 spiro atoms. The van der Waals surface area contributed by atoms with Crippen molar-refractivity contribution >= 4 is 46.2 Å². The lowest BCUT2D eigenvalue weighted by molar-refractivity contribution is -0.122. The Balaban J connectivity index is 1.89. The van der Waals surface area contributed by atoms with Gasteiger partial charge < -0.3 is 5.73 Å². The molecule has 1 fully saturated rings. The van der Waals surface area contributed by atoms with Crippen molar-refractivity contribution in [2.75, 3.05) is 6.54 Å². The third kappa shape index (κ3) is 4.68. The number of hydrogen-bond acceptors (Lipinski definition) is 4. The number of hydrogen-bond donors (Lipinski definition) is 1. The summed E-state index contributed by atoms with van der Waals surface area (Å²) in [6.45, 7) is 0.593. The van der Waals surface area contributed by atoms with E-state index in [1.807, 2.05) is 36.4 Å². The molecule has 0 aromatic heterocycles. The summed E-state index contributed by atoms with van der Waals surface area (Å²) in [5, 5.41) is 0. The van der Waals surface area contributed by atoms with Gasteiger partial charge in [-0.3, -0.25) is 14.5 Å². The SMILES string of the molecule is NC(=O)CCCCCN1C(=O)C(=Cc2ccccc2)SC1=S. The van der Waals surface area contributed by atoms with Crippen LogP contribution in [0.5, 0.6) is 0 Å². The van der Waals surface area contributed by atoms with Crippen molar-refractivity contribution in [2.45, 2.75) is 25.7 Å². The molecular weight excluding hydrogens is 316 g/mol. The zero-order valence-electron chi connectivity index (χ0n) is 12.2. The molecule has 0 unspecified atom stereocenters. The predicted molar refractivity (Wildman–Crippen MR) is 94.0 cm³/mol. The molecule has 22 heavy (non-hydrogen) atoms. The number of carbonyl (C=O) groups excluding carboxylic acids is 2. The lowest BCUT2D eigenvalue weighted by atomic mass is 10.2. The average molecular weight is 334 g/mol. The number of thiocarbonyl (C=S) groups is 1. The molecule has 0 bridgehead atoms. The number of benzene rings is 1. The summed E-state index contributed by atoms with van der Waals surface area (Å²) in [5.74, 6) is -0.315. The van der Waals surface area contributed by atoms with Gasteiger partial charge in [-0.1, -0.05) is 60.7 Å². The first-order chi connectivity index (χ1) is 10.6. The van der Waals surface area contributed by atoms with Gasteiger partial charge in [-0.15, -0.1) is 0 Å². The van der Waals surface area contributed by atoms with E-state index >= 15 is 0 Å². The summed E-state index contributed by atoms with van der Waals surface area (Å²) in [6, 6.07) is 9.72. The molecule has 2 amide bonds. The van der Waals surface area contributed by atoms with E-state index in [-0.39, 0.29) is 11.8 Å². The number of rotatable bonds is 7.